The normalized spacial score (nSPS) is 15.5. The van der Waals surface area contributed by atoms with Crippen molar-refractivity contribution in [1.82, 2.24) is 4.98 Å². The largest absolute Gasteiger partial charge is 0.396 e. The Morgan fingerprint density at radius 2 is 2.10 bits per heavy atom. The third kappa shape index (κ3) is 3.41. The topological polar surface area (TPSA) is 65.9 Å². The highest BCUT2D eigenvalue weighted by molar-refractivity contribution is 5.55. The van der Waals surface area contributed by atoms with Crippen molar-refractivity contribution in [3.63, 3.8) is 0 Å². The quantitative estimate of drug-likeness (QED) is 0.892. The summed E-state index contributed by atoms with van der Waals surface area (Å²) in [4.78, 5) is 6.84. The molecule has 1 saturated carbocycles. The Labute approximate surface area is 121 Å². The molecule has 0 radical (unpaired) electrons. The van der Waals surface area contributed by atoms with Crippen LogP contribution in [0.2, 0.25) is 0 Å². The fourth-order valence-corrected chi connectivity index (χ4v) is 2.81. The van der Waals surface area contributed by atoms with Crippen molar-refractivity contribution in [2.75, 3.05) is 17.2 Å². The summed E-state index contributed by atoms with van der Waals surface area (Å²) in [6.45, 7) is 5.48. The number of rotatable bonds is 5. The van der Waals surface area contributed by atoms with Gasteiger partial charge in [-0.15, -0.1) is 0 Å². The van der Waals surface area contributed by atoms with Gasteiger partial charge in [-0.3, -0.25) is 0 Å². The summed E-state index contributed by atoms with van der Waals surface area (Å²) >= 11 is 0. The first-order valence-corrected chi connectivity index (χ1v) is 7.55. The van der Waals surface area contributed by atoms with Gasteiger partial charge in [0.25, 0.3) is 0 Å². The van der Waals surface area contributed by atoms with E-state index in [-0.39, 0.29) is 0 Å². The highest BCUT2D eigenvalue weighted by atomic mass is 15.2. The summed E-state index contributed by atoms with van der Waals surface area (Å²) < 4.78 is 0. The summed E-state index contributed by atoms with van der Waals surface area (Å²) in [5, 5.41) is 9.10. The van der Waals surface area contributed by atoms with Crippen LogP contribution in [-0.4, -0.2) is 17.6 Å². The number of aromatic nitrogens is 1. The first-order chi connectivity index (χ1) is 9.61. The molecule has 1 fully saturated rings. The molecule has 4 heteroatoms. The summed E-state index contributed by atoms with van der Waals surface area (Å²) in [5.74, 6) is 1.58. The second-order valence-electron chi connectivity index (χ2n) is 6.03. The second kappa shape index (κ2) is 6.60. The van der Waals surface area contributed by atoms with Crippen LogP contribution in [0.15, 0.2) is 12.1 Å². The maximum atomic E-state index is 9.10. The third-order valence-corrected chi connectivity index (χ3v) is 4.02. The highest BCUT2D eigenvalue weighted by Crippen LogP contribution is 2.28. The van der Waals surface area contributed by atoms with Crippen LogP contribution in [0.5, 0.6) is 0 Å². The molecule has 20 heavy (non-hydrogen) atoms. The second-order valence-corrected chi connectivity index (χ2v) is 6.03. The van der Waals surface area contributed by atoms with Gasteiger partial charge < -0.3 is 10.6 Å². The van der Waals surface area contributed by atoms with Crippen molar-refractivity contribution >= 4 is 11.5 Å². The number of hydrogen-bond donors (Lipinski definition) is 1. The molecule has 0 aliphatic heterocycles. The van der Waals surface area contributed by atoms with Crippen molar-refractivity contribution in [2.24, 2.45) is 5.92 Å². The molecule has 0 unspecified atom stereocenters. The molecule has 2 rings (SSSR count). The molecular weight excluding hydrogens is 248 g/mol. The van der Waals surface area contributed by atoms with Crippen LogP contribution in [0.3, 0.4) is 0 Å². The number of nitriles is 1. The number of hydrogen-bond acceptors (Lipinski definition) is 4. The Morgan fingerprint density at radius 1 is 1.40 bits per heavy atom. The summed E-state index contributed by atoms with van der Waals surface area (Å²) in [6, 6.07) is 6.41. The first-order valence-electron chi connectivity index (χ1n) is 7.55. The lowest BCUT2D eigenvalue weighted by atomic mass is 10.1. The average molecular weight is 272 g/mol. The van der Waals surface area contributed by atoms with Gasteiger partial charge in [-0.25, -0.2) is 4.98 Å². The molecule has 0 spiro atoms. The molecule has 1 heterocycles. The van der Waals surface area contributed by atoms with E-state index in [2.05, 4.69) is 29.8 Å². The molecule has 0 amide bonds. The van der Waals surface area contributed by atoms with E-state index >= 15 is 0 Å². The first kappa shape index (κ1) is 14.6. The molecule has 108 valence electrons. The SMILES string of the molecule is CC(C)CCN(c1ccc(N)c(C#N)n1)C1CCCC1. The number of anilines is 2. The molecule has 4 nitrogen and oxygen atoms in total. The lowest BCUT2D eigenvalue weighted by Crippen LogP contribution is -2.35. The van der Waals surface area contributed by atoms with Gasteiger partial charge in [0, 0.05) is 12.6 Å². The van der Waals surface area contributed by atoms with Gasteiger partial charge in [0.2, 0.25) is 0 Å². The molecule has 1 aliphatic carbocycles. The molecule has 0 atom stereocenters. The highest BCUT2D eigenvalue weighted by Gasteiger charge is 2.24. The van der Waals surface area contributed by atoms with Crippen LogP contribution in [0.4, 0.5) is 11.5 Å². The monoisotopic (exact) mass is 272 g/mol. The van der Waals surface area contributed by atoms with E-state index in [0.717, 1.165) is 18.8 Å². The van der Waals surface area contributed by atoms with Gasteiger partial charge >= 0.3 is 0 Å². The van der Waals surface area contributed by atoms with Gasteiger partial charge in [0.05, 0.1) is 5.69 Å². The fraction of sp³-hybridized carbons (Fsp3) is 0.625. The molecule has 1 aromatic heterocycles. The minimum absolute atomic E-state index is 0.343. The van der Waals surface area contributed by atoms with Gasteiger partial charge in [-0.1, -0.05) is 26.7 Å². The van der Waals surface area contributed by atoms with Crippen LogP contribution in [0, 0.1) is 17.2 Å². The Morgan fingerprint density at radius 3 is 2.70 bits per heavy atom. The Bertz CT molecular complexity index is 484. The number of nitrogens with two attached hydrogens (primary N) is 1. The summed E-state index contributed by atoms with van der Waals surface area (Å²) in [5.41, 5.74) is 6.58. The molecular formula is C16H24N4. The van der Waals surface area contributed by atoms with E-state index in [1.165, 1.54) is 25.7 Å². The van der Waals surface area contributed by atoms with Gasteiger partial charge in [0.15, 0.2) is 5.69 Å². The van der Waals surface area contributed by atoms with Gasteiger partial charge in [0.1, 0.15) is 11.9 Å². The van der Waals surface area contributed by atoms with Gasteiger partial charge in [-0.2, -0.15) is 5.26 Å². The van der Waals surface area contributed by atoms with Crippen LogP contribution in [0.25, 0.3) is 0 Å². The van der Waals surface area contributed by atoms with Crippen molar-refractivity contribution in [3.8, 4) is 6.07 Å². The number of nitrogen functional groups attached to an aromatic ring is 1. The molecule has 2 N–H and O–H groups in total. The van der Waals surface area contributed by atoms with Crippen LogP contribution in [-0.2, 0) is 0 Å². The smallest absolute Gasteiger partial charge is 0.165 e. The van der Waals surface area contributed by atoms with E-state index in [1.54, 1.807) is 6.07 Å². The molecule has 0 saturated heterocycles. The number of pyridine rings is 1. The Hall–Kier alpha value is -1.76. The van der Waals surface area contributed by atoms with E-state index < -0.39 is 0 Å². The van der Waals surface area contributed by atoms with E-state index in [1.807, 2.05) is 6.07 Å². The molecule has 1 aromatic rings. The van der Waals surface area contributed by atoms with Crippen LogP contribution in [0.1, 0.15) is 51.6 Å². The predicted octanol–water partition coefficient (Wildman–Crippen LogP) is 3.33. The molecule has 0 aromatic carbocycles. The number of nitrogens with zero attached hydrogens (tertiary/aromatic N) is 3. The van der Waals surface area contributed by atoms with Crippen LogP contribution >= 0.6 is 0 Å². The summed E-state index contributed by atoms with van der Waals surface area (Å²) in [6.07, 6.45) is 6.19. The van der Waals surface area contributed by atoms with E-state index in [9.17, 15) is 0 Å². The van der Waals surface area contributed by atoms with E-state index in [0.29, 0.717) is 23.3 Å². The van der Waals surface area contributed by atoms with Crippen molar-refractivity contribution in [3.05, 3.63) is 17.8 Å². The molecule has 1 aliphatic rings. The Balaban J connectivity index is 2.23. The maximum absolute atomic E-state index is 9.10. The Kier molecular flexibility index (Phi) is 4.84. The predicted molar refractivity (Wildman–Crippen MR) is 82.4 cm³/mol. The zero-order chi connectivity index (χ0) is 14.5. The van der Waals surface area contributed by atoms with Crippen molar-refractivity contribution in [2.45, 2.75) is 52.0 Å². The minimum atomic E-state index is 0.343. The average Bonchev–Trinajstić information content (AvgIpc) is 2.94. The summed E-state index contributed by atoms with van der Waals surface area (Å²) in [7, 11) is 0. The fourth-order valence-electron chi connectivity index (χ4n) is 2.81. The maximum Gasteiger partial charge on any atom is 0.165 e. The van der Waals surface area contributed by atoms with Crippen molar-refractivity contribution in [1.29, 1.82) is 5.26 Å². The zero-order valence-electron chi connectivity index (χ0n) is 12.5. The third-order valence-electron chi connectivity index (χ3n) is 4.02. The standard InChI is InChI=1S/C16H24N4/c1-12(2)9-10-20(13-5-3-4-6-13)16-8-7-14(18)15(11-17)19-16/h7-8,12-13H,3-6,9-10,18H2,1-2H3. The lowest BCUT2D eigenvalue weighted by molar-refractivity contribution is 0.525. The van der Waals surface area contributed by atoms with E-state index in [4.69, 9.17) is 11.0 Å². The lowest BCUT2D eigenvalue weighted by Gasteiger charge is -2.31. The van der Waals surface area contributed by atoms with Gasteiger partial charge in [-0.05, 0) is 37.3 Å². The van der Waals surface area contributed by atoms with Crippen LogP contribution < -0.4 is 10.6 Å². The zero-order valence-corrected chi connectivity index (χ0v) is 12.5. The molecule has 0 bridgehead atoms. The van der Waals surface area contributed by atoms with Crippen molar-refractivity contribution < 1.29 is 0 Å². The minimum Gasteiger partial charge on any atom is -0.396 e.